The van der Waals surface area contributed by atoms with E-state index >= 15 is 0 Å². The van der Waals surface area contributed by atoms with Gasteiger partial charge in [0.25, 0.3) is 0 Å². The molecular formula is C12H17BrO7. The molecule has 0 bridgehead atoms. The Hall–Kier alpha value is -1.15. The number of halogens is 1. The summed E-state index contributed by atoms with van der Waals surface area (Å²) in [6, 6.07) is 0. The Labute approximate surface area is 129 Å². The molecule has 0 aromatic rings. The van der Waals surface area contributed by atoms with Gasteiger partial charge in [-0.05, 0) is 6.92 Å². The van der Waals surface area contributed by atoms with Gasteiger partial charge in [-0.2, -0.15) is 0 Å². The van der Waals surface area contributed by atoms with Crippen LogP contribution in [-0.2, 0) is 33.3 Å². The molecule has 1 unspecified atom stereocenters. The Balaban J connectivity index is 3.04. The number of esters is 3. The fourth-order valence-corrected chi connectivity index (χ4v) is 2.59. The quantitative estimate of drug-likeness (QED) is 0.422. The van der Waals surface area contributed by atoms with Gasteiger partial charge in [0.15, 0.2) is 23.3 Å². The van der Waals surface area contributed by atoms with Gasteiger partial charge in [0.1, 0.15) is 0 Å². The van der Waals surface area contributed by atoms with E-state index in [1.54, 1.807) is 6.92 Å². The van der Waals surface area contributed by atoms with E-state index in [4.69, 9.17) is 23.1 Å². The second-order valence-electron chi connectivity index (χ2n) is 4.06. The summed E-state index contributed by atoms with van der Waals surface area (Å²) in [6.07, 6.45) is -4.21. The first-order chi connectivity index (χ1) is 10.8. The molecule has 1 rings (SSSR count). The zero-order valence-corrected chi connectivity index (χ0v) is 12.3. The smallest absolute Gasteiger partial charge is 0.303 e. The summed E-state index contributed by atoms with van der Waals surface area (Å²) < 4.78 is 41.6. The van der Waals surface area contributed by atoms with Gasteiger partial charge in [-0.15, -0.1) is 0 Å². The summed E-state index contributed by atoms with van der Waals surface area (Å²) >= 11 is 3.14. The molecule has 1 aliphatic rings. The number of alkyl halides is 1. The third kappa shape index (κ3) is 4.45. The first-order valence-corrected chi connectivity index (χ1v) is 6.51. The van der Waals surface area contributed by atoms with Crippen molar-refractivity contribution in [3.05, 3.63) is 0 Å². The maximum absolute atomic E-state index is 11.5. The number of carbonyl (C=O) groups is 3. The molecule has 0 saturated carbocycles. The lowest BCUT2D eigenvalue weighted by molar-refractivity contribution is -0.227. The van der Waals surface area contributed by atoms with Gasteiger partial charge >= 0.3 is 17.9 Å². The Kier molecular flexibility index (Phi) is 4.42. The van der Waals surface area contributed by atoms with E-state index < -0.39 is 68.0 Å². The molecular weight excluding hydrogens is 336 g/mol. The van der Waals surface area contributed by atoms with Crippen LogP contribution in [0.1, 0.15) is 31.7 Å². The average Bonchev–Trinajstić information content (AvgIpc) is 2.53. The highest BCUT2D eigenvalue weighted by Gasteiger charge is 2.49. The average molecular weight is 356 g/mol. The van der Waals surface area contributed by atoms with Crippen LogP contribution >= 0.6 is 15.9 Å². The molecule has 114 valence electrons. The first kappa shape index (κ1) is 12.6. The van der Waals surface area contributed by atoms with Gasteiger partial charge in [-0.1, -0.05) is 15.9 Å². The maximum Gasteiger partial charge on any atom is 0.303 e. The Morgan fingerprint density at radius 2 is 1.40 bits per heavy atom. The van der Waals surface area contributed by atoms with Gasteiger partial charge in [-0.3, -0.25) is 14.4 Å². The predicted molar refractivity (Wildman–Crippen MR) is 69.9 cm³/mol. The zero-order chi connectivity index (χ0) is 17.6. The van der Waals surface area contributed by atoms with Crippen molar-refractivity contribution >= 4 is 33.8 Å². The molecule has 1 fully saturated rings. The number of rotatable bonds is 3. The Morgan fingerprint density at radius 1 is 0.950 bits per heavy atom. The minimum atomic E-state index is -1.22. The fraction of sp³-hybridized carbons (Fsp3) is 0.750. The van der Waals surface area contributed by atoms with Gasteiger partial charge in [0.05, 0.1) is 6.10 Å². The van der Waals surface area contributed by atoms with E-state index in [0.29, 0.717) is 0 Å². The molecule has 0 aliphatic carbocycles. The van der Waals surface area contributed by atoms with E-state index in [1.807, 2.05) is 0 Å². The highest BCUT2D eigenvalue weighted by atomic mass is 79.9. The molecule has 0 aromatic heterocycles. The lowest BCUT2D eigenvalue weighted by Crippen LogP contribution is -2.59. The van der Waals surface area contributed by atoms with Crippen LogP contribution in [0, 0.1) is 0 Å². The molecule has 8 heteroatoms. The largest absolute Gasteiger partial charge is 0.456 e. The van der Waals surface area contributed by atoms with Crippen LogP contribution in [-0.4, -0.2) is 47.3 Å². The molecule has 5 atom stereocenters. The monoisotopic (exact) mass is 355 g/mol. The second-order valence-corrected chi connectivity index (χ2v) is 4.96. The Morgan fingerprint density at radius 3 is 1.90 bits per heavy atom. The van der Waals surface area contributed by atoms with Crippen molar-refractivity contribution in [3.63, 3.8) is 0 Å². The van der Waals surface area contributed by atoms with E-state index in [-0.39, 0.29) is 0 Å². The third-order valence-electron chi connectivity index (χ3n) is 2.52. The zero-order valence-electron chi connectivity index (χ0n) is 13.7. The maximum atomic E-state index is 11.5. The van der Waals surface area contributed by atoms with Crippen LogP contribution < -0.4 is 0 Å². The number of hydrogen-bond donors (Lipinski definition) is 0. The van der Waals surface area contributed by atoms with E-state index in [9.17, 15) is 14.4 Å². The minimum absolute atomic E-state index is 0.642. The molecule has 1 heterocycles. The number of ether oxygens (including phenoxy) is 4. The Bertz CT molecular complexity index is 420. The summed E-state index contributed by atoms with van der Waals surface area (Å²) in [5.74, 6) is -2.64. The highest BCUT2D eigenvalue weighted by molar-refractivity contribution is 9.09. The predicted octanol–water partition coefficient (Wildman–Crippen LogP) is 0.921. The molecule has 0 aromatic carbocycles. The topological polar surface area (TPSA) is 88.1 Å². The summed E-state index contributed by atoms with van der Waals surface area (Å²) in [6.45, 7) is -0.406. The second kappa shape index (κ2) is 7.03. The van der Waals surface area contributed by atoms with Crippen LogP contribution in [0.3, 0.4) is 0 Å². The van der Waals surface area contributed by atoms with Crippen molar-refractivity contribution in [2.24, 2.45) is 0 Å². The summed E-state index contributed by atoms with van der Waals surface area (Å²) in [7, 11) is 0. The standard InChI is InChI=1S/C12H17BrO7/c1-5-9(18-6(2)14)10(19-7(3)15)11(12(13)17-5)20-8(4)16/h5,9-12H,1-4H3/t5-,9-,10+,11+,12?/m0/s1/i2D,3D,4D. The van der Waals surface area contributed by atoms with Gasteiger partial charge in [-0.25, -0.2) is 0 Å². The molecule has 7 nitrogen and oxygen atoms in total. The summed E-state index contributed by atoms with van der Waals surface area (Å²) in [5, 5.41) is -0.859. The third-order valence-corrected chi connectivity index (χ3v) is 3.25. The number of carbonyl (C=O) groups excluding carboxylic acids is 3. The van der Waals surface area contributed by atoms with E-state index in [0.717, 1.165) is 0 Å². The number of hydrogen-bond acceptors (Lipinski definition) is 7. The molecule has 1 saturated heterocycles. The van der Waals surface area contributed by atoms with Crippen molar-refractivity contribution in [2.75, 3.05) is 0 Å². The van der Waals surface area contributed by atoms with Crippen LogP contribution in [0.25, 0.3) is 0 Å². The lowest BCUT2D eigenvalue weighted by atomic mass is 10.00. The molecule has 1 aliphatic heterocycles. The fourth-order valence-electron chi connectivity index (χ4n) is 1.84. The van der Waals surface area contributed by atoms with Crippen molar-refractivity contribution in [1.29, 1.82) is 0 Å². The van der Waals surface area contributed by atoms with E-state index in [2.05, 4.69) is 15.9 Å². The van der Waals surface area contributed by atoms with Gasteiger partial charge in [0, 0.05) is 24.8 Å². The summed E-state index contributed by atoms with van der Waals surface area (Å²) in [4.78, 5) is 34.3. The molecule has 0 amide bonds. The van der Waals surface area contributed by atoms with Crippen molar-refractivity contribution in [2.45, 2.75) is 57.1 Å². The first-order valence-electron chi connectivity index (χ1n) is 7.71. The van der Waals surface area contributed by atoms with Crippen LogP contribution in [0.4, 0.5) is 0 Å². The van der Waals surface area contributed by atoms with Crippen molar-refractivity contribution in [3.8, 4) is 0 Å². The summed E-state index contributed by atoms with van der Waals surface area (Å²) in [5.41, 5.74) is 0. The van der Waals surface area contributed by atoms with Crippen LogP contribution in [0.2, 0.25) is 0 Å². The molecule has 0 spiro atoms. The van der Waals surface area contributed by atoms with E-state index in [1.165, 1.54) is 0 Å². The molecule has 20 heavy (non-hydrogen) atoms. The normalized spacial score (nSPS) is 35.1. The van der Waals surface area contributed by atoms with Gasteiger partial charge < -0.3 is 18.9 Å². The highest BCUT2D eigenvalue weighted by Crippen LogP contribution is 2.31. The van der Waals surface area contributed by atoms with Gasteiger partial charge in [0.2, 0.25) is 0 Å². The van der Waals surface area contributed by atoms with Crippen molar-refractivity contribution in [1.82, 2.24) is 0 Å². The van der Waals surface area contributed by atoms with Crippen LogP contribution in [0.5, 0.6) is 0 Å². The molecule has 0 N–H and O–H groups in total. The minimum Gasteiger partial charge on any atom is -0.456 e. The van der Waals surface area contributed by atoms with Crippen molar-refractivity contribution < 1.29 is 37.4 Å². The molecule has 0 radical (unpaired) electrons. The SMILES string of the molecule is [2H]CC(=O)O[C@@H]1[C@@H](OC(=O)C[2H])[C@@H](OC(=O)C[2H])C(Br)O[C@H]1C. The lowest BCUT2D eigenvalue weighted by Gasteiger charge is -2.41. The van der Waals surface area contributed by atoms with Crippen LogP contribution in [0.15, 0.2) is 0 Å².